The number of carboxylic acid groups (broad SMARTS) is 1. The van der Waals surface area contributed by atoms with E-state index in [4.69, 9.17) is 5.11 Å². The zero-order valence-electron chi connectivity index (χ0n) is 12.0. The Morgan fingerprint density at radius 2 is 2.00 bits per heavy atom. The first kappa shape index (κ1) is 15.8. The standard InChI is InChI=1S/C14H26N2O3/c1-3-16(10-11(2)13(17)18)14(19)15-9-8-12-6-4-5-7-12/h11-12H,3-10H2,1-2H3,(H,15,19)(H,17,18). The molecule has 110 valence electrons. The highest BCUT2D eigenvalue weighted by molar-refractivity contribution is 5.75. The first-order valence-electron chi connectivity index (χ1n) is 7.30. The van der Waals surface area contributed by atoms with Gasteiger partial charge >= 0.3 is 12.0 Å². The molecule has 1 aliphatic rings. The Hall–Kier alpha value is -1.26. The van der Waals surface area contributed by atoms with E-state index in [2.05, 4.69) is 5.32 Å². The Morgan fingerprint density at radius 1 is 1.37 bits per heavy atom. The van der Waals surface area contributed by atoms with Crippen LogP contribution in [0, 0.1) is 11.8 Å². The van der Waals surface area contributed by atoms with Crippen LogP contribution in [0.1, 0.15) is 46.0 Å². The van der Waals surface area contributed by atoms with Crippen LogP contribution in [-0.4, -0.2) is 41.6 Å². The fraction of sp³-hybridized carbons (Fsp3) is 0.857. The van der Waals surface area contributed by atoms with E-state index in [9.17, 15) is 9.59 Å². The molecule has 1 aliphatic carbocycles. The van der Waals surface area contributed by atoms with Crippen molar-refractivity contribution in [3.8, 4) is 0 Å². The van der Waals surface area contributed by atoms with Crippen LogP contribution in [0.3, 0.4) is 0 Å². The lowest BCUT2D eigenvalue weighted by atomic mass is 10.0. The first-order chi connectivity index (χ1) is 9.04. The molecule has 1 unspecified atom stereocenters. The van der Waals surface area contributed by atoms with Crippen molar-refractivity contribution in [2.75, 3.05) is 19.6 Å². The van der Waals surface area contributed by atoms with Gasteiger partial charge in [-0.25, -0.2) is 4.79 Å². The van der Waals surface area contributed by atoms with Gasteiger partial charge in [-0.05, 0) is 19.3 Å². The number of carbonyl (C=O) groups excluding carboxylic acids is 1. The smallest absolute Gasteiger partial charge is 0.317 e. The van der Waals surface area contributed by atoms with Gasteiger partial charge in [0, 0.05) is 19.6 Å². The molecular weight excluding hydrogens is 244 g/mol. The maximum Gasteiger partial charge on any atom is 0.317 e. The SMILES string of the molecule is CCN(CC(C)C(=O)O)C(=O)NCCC1CCCC1. The van der Waals surface area contributed by atoms with Gasteiger partial charge in [0.25, 0.3) is 0 Å². The molecule has 0 aromatic heterocycles. The van der Waals surface area contributed by atoms with Crippen LogP contribution in [0.2, 0.25) is 0 Å². The Labute approximate surface area is 115 Å². The van der Waals surface area contributed by atoms with Gasteiger partial charge in [0.15, 0.2) is 0 Å². The van der Waals surface area contributed by atoms with Gasteiger partial charge in [0.05, 0.1) is 5.92 Å². The van der Waals surface area contributed by atoms with Crippen LogP contribution < -0.4 is 5.32 Å². The van der Waals surface area contributed by atoms with Gasteiger partial charge in [-0.1, -0.05) is 32.6 Å². The molecule has 1 fully saturated rings. The summed E-state index contributed by atoms with van der Waals surface area (Å²) in [5.41, 5.74) is 0. The number of amides is 2. The van der Waals surface area contributed by atoms with Crippen molar-refractivity contribution >= 4 is 12.0 Å². The predicted octanol–water partition coefficient (Wildman–Crippen LogP) is 2.32. The third-order valence-corrected chi connectivity index (χ3v) is 3.89. The number of hydrogen-bond acceptors (Lipinski definition) is 2. The highest BCUT2D eigenvalue weighted by atomic mass is 16.4. The third-order valence-electron chi connectivity index (χ3n) is 3.89. The molecule has 5 nitrogen and oxygen atoms in total. The van der Waals surface area contributed by atoms with Gasteiger partial charge in [0.1, 0.15) is 0 Å². The Morgan fingerprint density at radius 3 is 2.53 bits per heavy atom. The van der Waals surface area contributed by atoms with Crippen molar-refractivity contribution in [2.24, 2.45) is 11.8 Å². The maximum absolute atomic E-state index is 11.9. The predicted molar refractivity (Wildman–Crippen MR) is 74.0 cm³/mol. The second kappa shape index (κ2) is 8.02. The number of rotatable bonds is 7. The van der Waals surface area contributed by atoms with Crippen molar-refractivity contribution in [3.05, 3.63) is 0 Å². The molecule has 0 spiro atoms. The lowest BCUT2D eigenvalue weighted by Crippen LogP contribution is -2.43. The highest BCUT2D eigenvalue weighted by Gasteiger charge is 2.20. The van der Waals surface area contributed by atoms with Crippen LogP contribution in [0.4, 0.5) is 4.79 Å². The van der Waals surface area contributed by atoms with Crippen LogP contribution >= 0.6 is 0 Å². The van der Waals surface area contributed by atoms with Gasteiger partial charge in [0.2, 0.25) is 0 Å². The second-order valence-corrected chi connectivity index (χ2v) is 5.45. The quantitative estimate of drug-likeness (QED) is 0.746. The number of nitrogens with one attached hydrogen (secondary N) is 1. The van der Waals surface area contributed by atoms with E-state index in [1.807, 2.05) is 6.92 Å². The number of hydrogen-bond donors (Lipinski definition) is 2. The third kappa shape index (κ3) is 5.49. The summed E-state index contributed by atoms with van der Waals surface area (Å²) in [7, 11) is 0. The van der Waals surface area contributed by atoms with Crippen LogP contribution in [-0.2, 0) is 4.79 Å². The summed E-state index contributed by atoms with van der Waals surface area (Å²) in [6, 6.07) is -0.145. The normalized spacial score (nSPS) is 17.2. The summed E-state index contributed by atoms with van der Waals surface area (Å²) >= 11 is 0. The van der Waals surface area contributed by atoms with E-state index in [1.54, 1.807) is 11.8 Å². The minimum absolute atomic E-state index is 0.145. The molecular formula is C14H26N2O3. The second-order valence-electron chi connectivity index (χ2n) is 5.45. The van der Waals surface area contributed by atoms with Crippen molar-refractivity contribution in [3.63, 3.8) is 0 Å². The molecule has 0 aromatic carbocycles. The number of carboxylic acids is 1. The summed E-state index contributed by atoms with van der Waals surface area (Å²) in [6.07, 6.45) is 6.23. The van der Waals surface area contributed by atoms with Crippen molar-refractivity contribution < 1.29 is 14.7 Å². The lowest BCUT2D eigenvalue weighted by molar-refractivity contribution is -0.141. The number of aliphatic carboxylic acids is 1. The average molecular weight is 270 g/mol. The molecule has 0 aliphatic heterocycles. The molecule has 0 heterocycles. The van der Waals surface area contributed by atoms with E-state index in [0.29, 0.717) is 13.1 Å². The minimum Gasteiger partial charge on any atom is -0.481 e. The molecule has 1 rings (SSSR count). The van der Waals surface area contributed by atoms with Crippen LogP contribution in [0.5, 0.6) is 0 Å². The van der Waals surface area contributed by atoms with Crippen molar-refractivity contribution in [1.29, 1.82) is 0 Å². The average Bonchev–Trinajstić information content (AvgIpc) is 2.88. The lowest BCUT2D eigenvalue weighted by Gasteiger charge is -2.23. The van der Waals surface area contributed by atoms with Crippen molar-refractivity contribution in [1.82, 2.24) is 10.2 Å². The summed E-state index contributed by atoms with van der Waals surface area (Å²) in [5.74, 6) is -0.633. The summed E-state index contributed by atoms with van der Waals surface area (Å²) < 4.78 is 0. The first-order valence-corrected chi connectivity index (χ1v) is 7.30. The molecule has 0 bridgehead atoms. The molecule has 1 saturated carbocycles. The van der Waals surface area contributed by atoms with Gasteiger partial charge < -0.3 is 15.3 Å². The minimum atomic E-state index is -0.864. The highest BCUT2D eigenvalue weighted by Crippen LogP contribution is 2.26. The van der Waals surface area contributed by atoms with Crippen molar-refractivity contribution in [2.45, 2.75) is 46.0 Å². The largest absolute Gasteiger partial charge is 0.481 e. The van der Waals surface area contributed by atoms with Crippen LogP contribution in [0.15, 0.2) is 0 Å². The number of carbonyl (C=O) groups is 2. The number of nitrogens with zero attached hydrogens (tertiary/aromatic N) is 1. The fourth-order valence-electron chi connectivity index (χ4n) is 2.56. The molecule has 2 amide bonds. The zero-order valence-corrected chi connectivity index (χ0v) is 12.0. The van der Waals surface area contributed by atoms with Gasteiger partial charge in [-0.2, -0.15) is 0 Å². The summed E-state index contributed by atoms with van der Waals surface area (Å²) in [5, 5.41) is 11.8. The topological polar surface area (TPSA) is 69.6 Å². The summed E-state index contributed by atoms with van der Waals surface area (Å²) in [6.45, 7) is 4.98. The molecule has 5 heteroatoms. The van der Waals surface area contributed by atoms with E-state index in [-0.39, 0.29) is 12.6 Å². The molecule has 0 saturated heterocycles. The molecule has 2 N–H and O–H groups in total. The van der Waals surface area contributed by atoms with Crippen LogP contribution in [0.25, 0.3) is 0 Å². The number of urea groups is 1. The molecule has 19 heavy (non-hydrogen) atoms. The molecule has 1 atom stereocenters. The van der Waals surface area contributed by atoms with Gasteiger partial charge in [-0.15, -0.1) is 0 Å². The zero-order chi connectivity index (χ0) is 14.3. The Balaban J connectivity index is 2.26. The van der Waals surface area contributed by atoms with E-state index in [1.165, 1.54) is 25.7 Å². The Kier molecular flexibility index (Phi) is 6.67. The Bertz CT molecular complexity index is 301. The maximum atomic E-state index is 11.9. The fourth-order valence-corrected chi connectivity index (χ4v) is 2.56. The van der Waals surface area contributed by atoms with E-state index >= 15 is 0 Å². The van der Waals surface area contributed by atoms with Gasteiger partial charge in [-0.3, -0.25) is 4.79 Å². The van der Waals surface area contributed by atoms with E-state index < -0.39 is 11.9 Å². The molecule has 0 radical (unpaired) electrons. The monoisotopic (exact) mass is 270 g/mol. The molecule has 0 aromatic rings. The summed E-state index contributed by atoms with van der Waals surface area (Å²) in [4.78, 5) is 24.3. The van der Waals surface area contributed by atoms with E-state index in [0.717, 1.165) is 12.3 Å².